The van der Waals surface area contributed by atoms with Gasteiger partial charge in [-0.25, -0.2) is 14.4 Å². The highest BCUT2D eigenvalue weighted by molar-refractivity contribution is 5.91. The Morgan fingerprint density at radius 3 is 2.59 bits per heavy atom. The zero-order valence-corrected chi connectivity index (χ0v) is 16.1. The van der Waals surface area contributed by atoms with E-state index in [1.807, 2.05) is 31.2 Å². The lowest BCUT2D eigenvalue weighted by atomic mass is 10.1. The SMILES string of the molecule is CCN(CCc1ccccn1)c1nc(-c2ccccc2O)nc2ccc(F)cc12. The molecular weight excluding hydrogens is 367 g/mol. The molecule has 2 aromatic carbocycles. The van der Waals surface area contributed by atoms with Gasteiger partial charge in [0.25, 0.3) is 0 Å². The van der Waals surface area contributed by atoms with Crippen LogP contribution in [-0.4, -0.2) is 33.1 Å². The monoisotopic (exact) mass is 388 g/mol. The summed E-state index contributed by atoms with van der Waals surface area (Å²) in [6.45, 7) is 3.40. The highest BCUT2D eigenvalue weighted by Gasteiger charge is 2.17. The number of hydrogen-bond donors (Lipinski definition) is 1. The third kappa shape index (κ3) is 4.01. The molecule has 1 N–H and O–H groups in total. The Labute approximate surface area is 168 Å². The van der Waals surface area contributed by atoms with E-state index in [0.29, 0.717) is 41.2 Å². The van der Waals surface area contributed by atoms with Crippen molar-refractivity contribution >= 4 is 16.7 Å². The number of phenolic OH excluding ortho intramolecular Hbond substituents is 1. The number of likely N-dealkylation sites (N-methyl/N-ethyl adjacent to an activating group) is 1. The molecule has 2 heterocycles. The molecule has 0 atom stereocenters. The maximum Gasteiger partial charge on any atom is 0.165 e. The van der Waals surface area contributed by atoms with Gasteiger partial charge in [-0.1, -0.05) is 18.2 Å². The smallest absolute Gasteiger partial charge is 0.165 e. The van der Waals surface area contributed by atoms with Crippen LogP contribution in [0, 0.1) is 5.82 Å². The number of benzene rings is 2. The quantitative estimate of drug-likeness (QED) is 0.523. The third-order valence-electron chi connectivity index (χ3n) is 4.83. The average Bonchev–Trinajstić information content (AvgIpc) is 2.75. The first-order valence-electron chi connectivity index (χ1n) is 9.56. The molecule has 4 rings (SSSR count). The summed E-state index contributed by atoms with van der Waals surface area (Å²) in [6.07, 6.45) is 2.51. The van der Waals surface area contributed by atoms with Gasteiger partial charge < -0.3 is 10.0 Å². The summed E-state index contributed by atoms with van der Waals surface area (Å²) in [7, 11) is 0. The Kier molecular flexibility index (Phi) is 5.33. The standard InChI is InChI=1S/C23H21FN4O/c1-2-28(14-12-17-7-5-6-13-25-17)23-19-15-16(24)10-11-20(19)26-22(27-23)18-8-3-4-9-21(18)29/h3-11,13,15,29H,2,12,14H2,1H3. The van der Waals surface area contributed by atoms with Crippen LogP contribution in [0.3, 0.4) is 0 Å². The minimum absolute atomic E-state index is 0.108. The molecule has 6 heteroatoms. The predicted octanol–water partition coefficient (Wildman–Crippen LogP) is 4.61. The van der Waals surface area contributed by atoms with Gasteiger partial charge in [-0.15, -0.1) is 0 Å². The zero-order chi connectivity index (χ0) is 20.2. The molecule has 2 aromatic heterocycles. The first-order valence-corrected chi connectivity index (χ1v) is 9.56. The Hall–Kier alpha value is -3.54. The summed E-state index contributed by atoms with van der Waals surface area (Å²) in [5.41, 5.74) is 2.16. The first kappa shape index (κ1) is 18.8. The van der Waals surface area contributed by atoms with E-state index in [0.717, 1.165) is 12.1 Å². The number of fused-ring (bicyclic) bond motifs is 1. The largest absolute Gasteiger partial charge is 0.507 e. The topological polar surface area (TPSA) is 62.1 Å². The predicted molar refractivity (Wildman–Crippen MR) is 112 cm³/mol. The highest BCUT2D eigenvalue weighted by Crippen LogP contribution is 2.31. The van der Waals surface area contributed by atoms with Crippen molar-refractivity contribution < 1.29 is 9.50 Å². The molecule has 0 saturated heterocycles. The number of phenols is 1. The molecule has 0 radical (unpaired) electrons. The lowest BCUT2D eigenvalue weighted by Crippen LogP contribution is -2.27. The van der Waals surface area contributed by atoms with Crippen LogP contribution >= 0.6 is 0 Å². The first-order chi connectivity index (χ1) is 14.2. The maximum atomic E-state index is 14.0. The molecule has 5 nitrogen and oxygen atoms in total. The Morgan fingerprint density at radius 2 is 1.83 bits per heavy atom. The van der Waals surface area contributed by atoms with Crippen molar-refractivity contribution in [1.29, 1.82) is 0 Å². The number of aromatic hydroxyl groups is 1. The molecule has 0 aliphatic rings. The Balaban J connectivity index is 1.79. The van der Waals surface area contributed by atoms with Crippen molar-refractivity contribution in [3.05, 3.63) is 78.4 Å². The molecule has 0 unspecified atom stereocenters. The van der Waals surface area contributed by atoms with Crippen molar-refractivity contribution in [3.63, 3.8) is 0 Å². The fourth-order valence-electron chi connectivity index (χ4n) is 3.32. The maximum absolute atomic E-state index is 14.0. The van der Waals surface area contributed by atoms with Gasteiger partial charge in [0.05, 0.1) is 11.1 Å². The van der Waals surface area contributed by atoms with E-state index in [4.69, 9.17) is 4.98 Å². The van der Waals surface area contributed by atoms with Crippen LogP contribution in [0.5, 0.6) is 5.75 Å². The summed E-state index contributed by atoms with van der Waals surface area (Å²) in [5, 5.41) is 10.9. The fourth-order valence-corrected chi connectivity index (χ4v) is 3.32. The van der Waals surface area contributed by atoms with E-state index >= 15 is 0 Å². The van der Waals surface area contributed by atoms with Crippen LogP contribution < -0.4 is 4.90 Å². The lowest BCUT2D eigenvalue weighted by molar-refractivity contribution is 0.477. The summed E-state index contributed by atoms with van der Waals surface area (Å²) in [5.74, 6) is 0.828. The number of hydrogen-bond acceptors (Lipinski definition) is 5. The van der Waals surface area contributed by atoms with Gasteiger partial charge in [0.1, 0.15) is 17.4 Å². The van der Waals surface area contributed by atoms with Gasteiger partial charge in [0.15, 0.2) is 5.82 Å². The van der Waals surface area contributed by atoms with Gasteiger partial charge in [0.2, 0.25) is 0 Å². The molecule has 4 aromatic rings. The lowest BCUT2D eigenvalue weighted by Gasteiger charge is -2.24. The molecule has 0 aliphatic heterocycles. The number of rotatable bonds is 6. The number of nitrogens with zero attached hydrogens (tertiary/aromatic N) is 4. The normalized spacial score (nSPS) is 11.0. The van der Waals surface area contributed by atoms with E-state index in [2.05, 4.69) is 14.9 Å². The second kappa shape index (κ2) is 8.22. The van der Waals surface area contributed by atoms with Crippen molar-refractivity contribution in [1.82, 2.24) is 15.0 Å². The van der Waals surface area contributed by atoms with E-state index in [1.165, 1.54) is 12.1 Å². The summed E-state index contributed by atoms with van der Waals surface area (Å²) >= 11 is 0. The summed E-state index contributed by atoms with van der Waals surface area (Å²) < 4.78 is 14.0. The van der Waals surface area contributed by atoms with Crippen molar-refractivity contribution in [2.45, 2.75) is 13.3 Å². The molecule has 0 spiro atoms. The van der Waals surface area contributed by atoms with Crippen molar-refractivity contribution in [2.24, 2.45) is 0 Å². The number of para-hydroxylation sites is 1. The van der Waals surface area contributed by atoms with Gasteiger partial charge in [-0.3, -0.25) is 4.98 Å². The fraction of sp³-hybridized carbons (Fsp3) is 0.174. The molecule has 146 valence electrons. The van der Waals surface area contributed by atoms with Crippen LogP contribution in [0.25, 0.3) is 22.3 Å². The van der Waals surface area contributed by atoms with Crippen LogP contribution in [0.15, 0.2) is 66.9 Å². The molecule has 0 bridgehead atoms. The molecule has 0 saturated carbocycles. The number of halogens is 1. The Morgan fingerprint density at radius 1 is 1.00 bits per heavy atom. The second-order valence-electron chi connectivity index (χ2n) is 6.70. The van der Waals surface area contributed by atoms with Gasteiger partial charge in [0, 0.05) is 36.8 Å². The highest BCUT2D eigenvalue weighted by atomic mass is 19.1. The third-order valence-corrected chi connectivity index (χ3v) is 4.83. The van der Waals surface area contributed by atoms with Crippen molar-refractivity contribution in [3.8, 4) is 17.1 Å². The zero-order valence-electron chi connectivity index (χ0n) is 16.1. The summed E-state index contributed by atoms with van der Waals surface area (Å²) in [4.78, 5) is 15.8. The van der Waals surface area contributed by atoms with Gasteiger partial charge in [-0.05, 0) is 49.4 Å². The van der Waals surface area contributed by atoms with Gasteiger partial charge >= 0.3 is 0 Å². The number of anilines is 1. The second-order valence-corrected chi connectivity index (χ2v) is 6.70. The van der Waals surface area contributed by atoms with E-state index in [-0.39, 0.29) is 11.6 Å². The molecular formula is C23H21FN4O. The van der Waals surface area contributed by atoms with Gasteiger partial charge in [-0.2, -0.15) is 0 Å². The molecule has 29 heavy (non-hydrogen) atoms. The average molecular weight is 388 g/mol. The number of pyridine rings is 1. The van der Waals surface area contributed by atoms with Crippen LogP contribution in [-0.2, 0) is 6.42 Å². The van der Waals surface area contributed by atoms with E-state index in [9.17, 15) is 9.50 Å². The van der Waals surface area contributed by atoms with Crippen molar-refractivity contribution in [2.75, 3.05) is 18.0 Å². The van der Waals surface area contributed by atoms with E-state index < -0.39 is 0 Å². The molecule has 0 fully saturated rings. The molecule has 0 aliphatic carbocycles. The van der Waals surface area contributed by atoms with Crippen LogP contribution in [0.2, 0.25) is 0 Å². The minimum atomic E-state index is -0.335. The van der Waals surface area contributed by atoms with E-state index in [1.54, 1.807) is 30.5 Å². The van der Waals surface area contributed by atoms with Crippen LogP contribution in [0.4, 0.5) is 10.2 Å². The van der Waals surface area contributed by atoms with Crippen LogP contribution in [0.1, 0.15) is 12.6 Å². The summed E-state index contributed by atoms with van der Waals surface area (Å²) in [6, 6.07) is 17.3. The Bertz CT molecular complexity index is 1130. The number of aromatic nitrogens is 3. The molecule has 0 amide bonds. The minimum Gasteiger partial charge on any atom is -0.507 e.